The average molecular weight is 964 g/mol. The van der Waals surface area contributed by atoms with Gasteiger partial charge in [0, 0.05) is 64.0 Å². The van der Waals surface area contributed by atoms with E-state index in [0.717, 1.165) is 36.6 Å². The fourth-order valence-electron chi connectivity index (χ4n) is 13.5. The van der Waals surface area contributed by atoms with Gasteiger partial charge in [-0.1, -0.05) is 184 Å². The Morgan fingerprint density at radius 2 is 0.838 bits per heavy atom. The van der Waals surface area contributed by atoms with Crippen molar-refractivity contribution in [1.29, 1.82) is 0 Å². The van der Waals surface area contributed by atoms with Gasteiger partial charge < -0.3 is 14.7 Å². The lowest BCUT2D eigenvalue weighted by molar-refractivity contribution is 0.402. The van der Waals surface area contributed by atoms with Crippen molar-refractivity contribution in [3.05, 3.63) is 227 Å². The summed E-state index contributed by atoms with van der Waals surface area (Å²) >= 11 is 0. The number of para-hydroxylation sites is 1. The molecule has 0 saturated heterocycles. The molecule has 0 amide bonds. The van der Waals surface area contributed by atoms with Crippen molar-refractivity contribution in [2.75, 3.05) is 27.8 Å². The number of benzene rings is 8. The third-order valence-electron chi connectivity index (χ3n) is 18.2. The Balaban J connectivity index is 0.844. The van der Waals surface area contributed by atoms with Crippen LogP contribution in [0.5, 0.6) is 0 Å². The van der Waals surface area contributed by atoms with E-state index in [1.54, 1.807) is 0 Å². The van der Waals surface area contributed by atoms with Crippen molar-refractivity contribution >= 4 is 34.1 Å². The van der Waals surface area contributed by atoms with Gasteiger partial charge in [0.15, 0.2) is 0 Å². The van der Waals surface area contributed by atoms with Crippen LogP contribution >= 0.6 is 0 Å². The molecule has 1 aliphatic carbocycles. The van der Waals surface area contributed by atoms with Gasteiger partial charge in [0.1, 0.15) is 0 Å². The predicted octanol–water partition coefficient (Wildman–Crippen LogP) is 18.9. The summed E-state index contributed by atoms with van der Waals surface area (Å²) in [5.74, 6) is 0.442. The third kappa shape index (κ3) is 7.28. The maximum Gasteiger partial charge on any atom is 0.0540 e. The van der Waals surface area contributed by atoms with E-state index in [4.69, 9.17) is 0 Å². The standard InChI is InChI=1S/C71H69N3/c1-46-16-15-20-59-65(46)74-64-21-14-13-19-58(64)70(6,7)62-44-54(45-63(67(62)74)71(59,8)9)51-24-22-48(23-25-51)50-28-34-56(35-29-50)73(55-32-26-49(27-33-55)47-17-11-10-12-18-47)57-36-30-52(31-37-57)53-42-60-66-61(43-53)69(4,5)39-41-72(66)40-38-68(60,2)3/h10-15,17-37,42-46H,16,38-41H2,1-9H3. The first-order valence-corrected chi connectivity index (χ1v) is 27.3. The number of hydrogen-bond acceptors (Lipinski definition) is 3. The minimum absolute atomic E-state index is 0.137. The smallest absolute Gasteiger partial charge is 0.0540 e. The van der Waals surface area contributed by atoms with E-state index in [-0.39, 0.29) is 21.7 Å². The molecule has 4 aliphatic heterocycles. The van der Waals surface area contributed by atoms with E-state index in [0.29, 0.717) is 5.92 Å². The molecule has 1 unspecified atom stereocenters. The van der Waals surface area contributed by atoms with Crippen LogP contribution in [0.1, 0.15) is 109 Å². The molecule has 3 nitrogen and oxygen atoms in total. The van der Waals surface area contributed by atoms with Crippen LogP contribution in [0.15, 0.2) is 199 Å². The monoisotopic (exact) mass is 964 g/mol. The van der Waals surface area contributed by atoms with Gasteiger partial charge >= 0.3 is 0 Å². The van der Waals surface area contributed by atoms with Crippen LogP contribution < -0.4 is 14.7 Å². The molecule has 4 heterocycles. The molecule has 5 aliphatic rings. The quantitative estimate of drug-likeness (QED) is 0.158. The van der Waals surface area contributed by atoms with Crippen LogP contribution in [0.4, 0.5) is 34.1 Å². The molecule has 368 valence electrons. The molecular weight excluding hydrogens is 895 g/mol. The lowest BCUT2D eigenvalue weighted by atomic mass is 9.64. The van der Waals surface area contributed by atoms with Gasteiger partial charge in [-0.15, -0.1) is 0 Å². The summed E-state index contributed by atoms with van der Waals surface area (Å²) in [4.78, 5) is 7.71. The summed E-state index contributed by atoms with van der Waals surface area (Å²) in [6.45, 7) is 24.2. The van der Waals surface area contributed by atoms with Crippen LogP contribution in [-0.4, -0.2) is 13.1 Å². The van der Waals surface area contributed by atoms with Crippen molar-refractivity contribution in [2.24, 2.45) is 5.92 Å². The number of fused-ring (bicyclic) bond motifs is 3. The fourth-order valence-corrected chi connectivity index (χ4v) is 13.5. The van der Waals surface area contributed by atoms with Crippen molar-refractivity contribution in [3.8, 4) is 44.5 Å². The SMILES string of the molecule is CC1CC=CC2=C1N1c3ccccc3C(C)(C)c3cc(-c4ccc(-c5ccc(N(c6ccc(-c7ccccc7)cc6)c6ccc(-c7cc8c9c(c7)C(C)(C)CCN9CCC8(C)C)cc6)cc5)cc4)cc(c31)C2(C)C. The van der Waals surface area contributed by atoms with Crippen molar-refractivity contribution in [1.82, 2.24) is 0 Å². The Kier molecular flexibility index (Phi) is 10.6. The first-order chi connectivity index (χ1) is 35.6. The lowest BCUT2D eigenvalue weighted by Gasteiger charge is -2.52. The molecule has 8 aromatic carbocycles. The summed E-state index contributed by atoms with van der Waals surface area (Å²) < 4.78 is 0. The van der Waals surface area contributed by atoms with Gasteiger partial charge in [0.05, 0.1) is 5.69 Å². The van der Waals surface area contributed by atoms with Crippen molar-refractivity contribution in [2.45, 2.75) is 103 Å². The van der Waals surface area contributed by atoms with Gasteiger partial charge in [-0.3, -0.25) is 0 Å². The van der Waals surface area contributed by atoms with Crippen molar-refractivity contribution in [3.63, 3.8) is 0 Å². The minimum atomic E-state index is -0.162. The van der Waals surface area contributed by atoms with Crippen LogP contribution in [0.3, 0.4) is 0 Å². The minimum Gasteiger partial charge on any atom is -0.371 e. The molecule has 0 saturated carbocycles. The summed E-state index contributed by atoms with van der Waals surface area (Å²) in [5.41, 5.74) is 27.6. The third-order valence-corrected chi connectivity index (χ3v) is 18.2. The molecule has 13 rings (SSSR count). The highest BCUT2D eigenvalue weighted by Gasteiger charge is 2.48. The lowest BCUT2D eigenvalue weighted by Crippen LogP contribution is -2.44. The Morgan fingerprint density at radius 3 is 1.35 bits per heavy atom. The topological polar surface area (TPSA) is 9.72 Å². The molecular formula is C71H69N3. The Labute approximate surface area is 440 Å². The molecule has 0 spiro atoms. The number of nitrogens with zero attached hydrogens (tertiary/aromatic N) is 3. The summed E-state index contributed by atoms with van der Waals surface area (Å²) in [7, 11) is 0. The molecule has 0 fully saturated rings. The Hall–Kier alpha value is -7.36. The van der Waals surface area contributed by atoms with E-state index < -0.39 is 0 Å². The highest BCUT2D eigenvalue weighted by Crippen LogP contribution is 2.61. The van der Waals surface area contributed by atoms with Gasteiger partial charge in [0.25, 0.3) is 0 Å². The average Bonchev–Trinajstić information content (AvgIpc) is 3.42. The highest BCUT2D eigenvalue weighted by atomic mass is 15.2. The number of rotatable bonds is 7. The second-order valence-electron chi connectivity index (χ2n) is 24.5. The van der Waals surface area contributed by atoms with Gasteiger partial charge in [-0.2, -0.15) is 0 Å². The number of anilines is 6. The zero-order valence-corrected chi connectivity index (χ0v) is 44.9. The fraction of sp³-hybridized carbons (Fsp3) is 0.268. The Bertz CT molecular complexity index is 3530. The van der Waals surface area contributed by atoms with Gasteiger partial charge in [-0.05, 0) is 175 Å². The second kappa shape index (κ2) is 16.8. The van der Waals surface area contributed by atoms with Crippen LogP contribution in [0, 0.1) is 5.92 Å². The van der Waals surface area contributed by atoms with Crippen LogP contribution in [0.25, 0.3) is 44.5 Å². The summed E-state index contributed by atoms with van der Waals surface area (Å²) in [6, 6.07) is 66.6. The van der Waals surface area contributed by atoms with Gasteiger partial charge in [-0.25, -0.2) is 0 Å². The summed E-state index contributed by atoms with van der Waals surface area (Å²) in [6.07, 6.45) is 8.25. The van der Waals surface area contributed by atoms with Crippen LogP contribution in [0.2, 0.25) is 0 Å². The summed E-state index contributed by atoms with van der Waals surface area (Å²) in [5, 5.41) is 0. The zero-order chi connectivity index (χ0) is 50.9. The van der Waals surface area contributed by atoms with Crippen LogP contribution in [-0.2, 0) is 21.7 Å². The molecule has 0 aromatic heterocycles. The van der Waals surface area contributed by atoms with E-state index >= 15 is 0 Å². The molecule has 0 bridgehead atoms. The maximum absolute atomic E-state index is 2.66. The first-order valence-electron chi connectivity index (χ1n) is 27.3. The molecule has 3 heteroatoms. The normalized spacial score (nSPS) is 19.0. The van der Waals surface area contributed by atoms with E-state index in [2.05, 4.69) is 265 Å². The van der Waals surface area contributed by atoms with Crippen molar-refractivity contribution < 1.29 is 0 Å². The molecule has 74 heavy (non-hydrogen) atoms. The maximum atomic E-state index is 2.66. The zero-order valence-electron chi connectivity index (χ0n) is 44.9. The van der Waals surface area contributed by atoms with Gasteiger partial charge in [0.2, 0.25) is 0 Å². The van der Waals surface area contributed by atoms with E-state index in [1.165, 1.54) is 113 Å². The van der Waals surface area contributed by atoms with E-state index in [9.17, 15) is 0 Å². The molecule has 1 atom stereocenters. The highest BCUT2D eigenvalue weighted by molar-refractivity contribution is 5.90. The molecule has 0 radical (unpaired) electrons. The number of allylic oxidation sites excluding steroid dienone is 4. The predicted molar refractivity (Wildman–Crippen MR) is 314 cm³/mol. The van der Waals surface area contributed by atoms with E-state index in [1.807, 2.05) is 0 Å². The second-order valence-corrected chi connectivity index (χ2v) is 24.5. The first kappa shape index (κ1) is 46.4. The number of hydrogen-bond donors (Lipinski definition) is 0. The largest absolute Gasteiger partial charge is 0.371 e. The molecule has 8 aromatic rings. The molecule has 0 N–H and O–H groups in total. The Morgan fingerprint density at radius 1 is 0.419 bits per heavy atom.